The van der Waals surface area contributed by atoms with Gasteiger partial charge in [-0.15, -0.1) is 0 Å². The van der Waals surface area contributed by atoms with Crippen LogP contribution in [0.15, 0.2) is 78.9 Å². The zero-order valence-electron chi connectivity index (χ0n) is 17.3. The molecule has 3 aromatic carbocycles. The third kappa shape index (κ3) is 4.77. The van der Waals surface area contributed by atoms with Crippen molar-refractivity contribution >= 4 is 16.9 Å². The molecule has 4 aromatic rings. The summed E-state index contributed by atoms with van der Waals surface area (Å²) in [5.74, 6) is 0.985. The van der Waals surface area contributed by atoms with Crippen molar-refractivity contribution in [1.82, 2.24) is 14.9 Å². The quantitative estimate of drug-likeness (QED) is 0.457. The summed E-state index contributed by atoms with van der Waals surface area (Å²) in [5, 5.41) is 3.04. The first kappa shape index (κ1) is 19.9. The Morgan fingerprint density at radius 1 is 0.933 bits per heavy atom. The van der Waals surface area contributed by atoms with Gasteiger partial charge in [-0.2, -0.15) is 0 Å². The van der Waals surface area contributed by atoms with Crippen molar-refractivity contribution in [2.24, 2.45) is 0 Å². The molecule has 0 saturated carbocycles. The normalized spacial score (nSPS) is 11.0. The Hall–Kier alpha value is -3.40. The van der Waals surface area contributed by atoms with Crippen LogP contribution in [0.2, 0.25) is 0 Å². The number of nitrogens with zero attached hydrogens (tertiary/aromatic N) is 2. The summed E-state index contributed by atoms with van der Waals surface area (Å²) in [5.41, 5.74) is 5.31. The van der Waals surface area contributed by atoms with Crippen molar-refractivity contribution in [3.8, 4) is 0 Å². The minimum Gasteiger partial charge on any atom is -0.352 e. The highest BCUT2D eigenvalue weighted by molar-refractivity contribution is 5.94. The van der Waals surface area contributed by atoms with Gasteiger partial charge >= 0.3 is 0 Å². The number of rotatable bonds is 8. The molecule has 0 bridgehead atoms. The van der Waals surface area contributed by atoms with Crippen molar-refractivity contribution in [2.75, 3.05) is 6.54 Å². The summed E-state index contributed by atoms with van der Waals surface area (Å²) in [7, 11) is 0. The maximum atomic E-state index is 12.4. The lowest BCUT2D eigenvalue weighted by Gasteiger charge is -2.10. The van der Waals surface area contributed by atoms with Crippen LogP contribution < -0.4 is 5.32 Å². The number of carbonyl (C=O) groups is 1. The highest BCUT2D eigenvalue weighted by Crippen LogP contribution is 2.18. The van der Waals surface area contributed by atoms with E-state index in [1.54, 1.807) is 0 Å². The second-order valence-corrected chi connectivity index (χ2v) is 7.63. The number of carbonyl (C=O) groups excluding carboxylic acids is 1. The summed E-state index contributed by atoms with van der Waals surface area (Å²) < 4.78 is 2.30. The van der Waals surface area contributed by atoms with Gasteiger partial charge in [0.15, 0.2) is 0 Å². The number of fused-ring (bicyclic) bond motifs is 1. The summed E-state index contributed by atoms with van der Waals surface area (Å²) >= 11 is 0. The lowest BCUT2D eigenvalue weighted by molar-refractivity contribution is 0.0954. The molecule has 1 aromatic heterocycles. The summed E-state index contributed by atoms with van der Waals surface area (Å²) in [6, 6.07) is 26.5. The molecule has 0 aliphatic heterocycles. The van der Waals surface area contributed by atoms with E-state index in [-0.39, 0.29) is 5.91 Å². The maximum absolute atomic E-state index is 12.4. The highest BCUT2D eigenvalue weighted by Gasteiger charge is 2.11. The maximum Gasteiger partial charge on any atom is 0.251 e. The number of hydrogen-bond acceptors (Lipinski definition) is 2. The zero-order valence-corrected chi connectivity index (χ0v) is 17.3. The zero-order chi connectivity index (χ0) is 20.8. The van der Waals surface area contributed by atoms with Gasteiger partial charge in [0.25, 0.3) is 5.91 Å². The van der Waals surface area contributed by atoms with Gasteiger partial charge in [0.2, 0.25) is 0 Å². The summed E-state index contributed by atoms with van der Waals surface area (Å²) in [6.45, 7) is 3.47. The standard InChI is InChI=1S/C26H27N3O/c1-20-9-7-13-22(19-20)26(30)27-17-16-25-28-23-14-5-6-15-24(23)29(25)18-8-12-21-10-3-2-4-11-21/h2-7,9-11,13-15,19H,8,12,16-18H2,1H3,(H,27,30). The smallest absolute Gasteiger partial charge is 0.251 e. The summed E-state index contributed by atoms with van der Waals surface area (Å²) in [6.07, 6.45) is 2.79. The molecule has 152 valence electrons. The molecule has 0 fully saturated rings. The Kier molecular flexibility index (Phi) is 6.23. The third-order valence-electron chi connectivity index (χ3n) is 5.34. The molecule has 0 radical (unpaired) electrons. The van der Waals surface area contributed by atoms with Crippen LogP contribution in [0.5, 0.6) is 0 Å². The molecule has 0 spiro atoms. The number of imidazole rings is 1. The van der Waals surface area contributed by atoms with Crippen molar-refractivity contribution in [3.63, 3.8) is 0 Å². The van der Waals surface area contributed by atoms with E-state index in [1.807, 2.05) is 37.3 Å². The monoisotopic (exact) mass is 397 g/mol. The molecule has 1 N–H and O–H groups in total. The lowest BCUT2D eigenvalue weighted by atomic mass is 10.1. The SMILES string of the molecule is Cc1cccc(C(=O)NCCc2nc3ccccc3n2CCCc2ccccc2)c1. The molecule has 0 aliphatic rings. The Balaban J connectivity index is 1.42. The molecule has 0 saturated heterocycles. The van der Waals surface area contributed by atoms with Crippen molar-refractivity contribution in [3.05, 3.63) is 101 Å². The minimum atomic E-state index is -0.0366. The van der Waals surface area contributed by atoms with E-state index in [1.165, 1.54) is 5.56 Å². The molecule has 4 nitrogen and oxygen atoms in total. The molecule has 1 amide bonds. The Labute approximate surface area is 177 Å². The van der Waals surface area contributed by atoms with Gasteiger partial charge in [-0.1, -0.05) is 60.2 Å². The molecule has 0 aliphatic carbocycles. The molecule has 4 heteroatoms. The molecular formula is C26H27N3O. The number of hydrogen-bond donors (Lipinski definition) is 1. The third-order valence-corrected chi connectivity index (χ3v) is 5.34. The van der Waals surface area contributed by atoms with Gasteiger partial charge in [-0.3, -0.25) is 4.79 Å². The van der Waals surface area contributed by atoms with Gasteiger partial charge in [-0.25, -0.2) is 4.98 Å². The second-order valence-electron chi connectivity index (χ2n) is 7.63. The number of aryl methyl sites for hydroxylation is 3. The first-order chi connectivity index (χ1) is 14.7. The van der Waals surface area contributed by atoms with Crippen LogP contribution in [0, 0.1) is 6.92 Å². The van der Waals surface area contributed by atoms with Crippen molar-refractivity contribution in [1.29, 1.82) is 0 Å². The second kappa shape index (κ2) is 9.40. The average molecular weight is 398 g/mol. The van der Waals surface area contributed by atoms with E-state index < -0.39 is 0 Å². The van der Waals surface area contributed by atoms with Gasteiger partial charge in [-0.05, 0) is 49.6 Å². The topological polar surface area (TPSA) is 46.9 Å². The van der Waals surface area contributed by atoms with Crippen LogP contribution in [0.1, 0.15) is 33.7 Å². The minimum absolute atomic E-state index is 0.0366. The van der Waals surface area contributed by atoms with E-state index in [2.05, 4.69) is 58.4 Å². The fraction of sp³-hybridized carbons (Fsp3) is 0.231. The fourth-order valence-electron chi connectivity index (χ4n) is 3.83. The average Bonchev–Trinajstić information content (AvgIpc) is 3.12. The summed E-state index contributed by atoms with van der Waals surface area (Å²) in [4.78, 5) is 17.3. The Morgan fingerprint density at radius 3 is 2.57 bits per heavy atom. The number of benzene rings is 3. The van der Waals surface area contributed by atoms with Crippen LogP contribution in [0.4, 0.5) is 0 Å². The molecule has 30 heavy (non-hydrogen) atoms. The largest absolute Gasteiger partial charge is 0.352 e. The highest BCUT2D eigenvalue weighted by atomic mass is 16.1. The van der Waals surface area contributed by atoms with Gasteiger partial charge in [0, 0.05) is 25.1 Å². The van der Waals surface area contributed by atoms with Crippen LogP contribution in [0.3, 0.4) is 0 Å². The number of aromatic nitrogens is 2. The molecule has 0 unspecified atom stereocenters. The van der Waals surface area contributed by atoms with E-state index in [4.69, 9.17) is 4.98 Å². The van der Waals surface area contributed by atoms with E-state index >= 15 is 0 Å². The predicted molar refractivity (Wildman–Crippen MR) is 122 cm³/mol. The lowest BCUT2D eigenvalue weighted by Crippen LogP contribution is -2.26. The van der Waals surface area contributed by atoms with Crippen LogP contribution in [-0.4, -0.2) is 22.0 Å². The van der Waals surface area contributed by atoms with E-state index in [9.17, 15) is 4.79 Å². The van der Waals surface area contributed by atoms with Crippen LogP contribution in [-0.2, 0) is 19.4 Å². The molecule has 4 rings (SSSR count). The Morgan fingerprint density at radius 2 is 1.73 bits per heavy atom. The number of amides is 1. The van der Waals surface area contributed by atoms with Gasteiger partial charge < -0.3 is 9.88 Å². The van der Waals surface area contributed by atoms with E-state index in [0.29, 0.717) is 18.5 Å². The van der Waals surface area contributed by atoms with E-state index in [0.717, 1.165) is 41.8 Å². The fourth-order valence-corrected chi connectivity index (χ4v) is 3.83. The van der Waals surface area contributed by atoms with Crippen LogP contribution >= 0.6 is 0 Å². The van der Waals surface area contributed by atoms with Crippen molar-refractivity contribution < 1.29 is 4.79 Å². The van der Waals surface area contributed by atoms with Gasteiger partial charge in [0.1, 0.15) is 5.82 Å². The van der Waals surface area contributed by atoms with Crippen LogP contribution in [0.25, 0.3) is 11.0 Å². The first-order valence-electron chi connectivity index (χ1n) is 10.5. The number of nitrogens with one attached hydrogen (secondary N) is 1. The van der Waals surface area contributed by atoms with Crippen molar-refractivity contribution in [2.45, 2.75) is 32.7 Å². The molecule has 0 atom stereocenters. The predicted octanol–water partition coefficient (Wildman–Crippen LogP) is 4.95. The van der Waals surface area contributed by atoms with Gasteiger partial charge in [0.05, 0.1) is 11.0 Å². The number of para-hydroxylation sites is 2. The Bertz CT molecular complexity index is 1130. The molecular weight excluding hydrogens is 370 g/mol. The molecule has 1 heterocycles. The first-order valence-corrected chi connectivity index (χ1v) is 10.5.